The van der Waals surface area contributed by atoms with Crippen LogP contribution in [-0.4, -0.2) is 28.8 Å². The molecule has 1 heterocycles. The summed E-state index contributed by atoms with van der Waals surface area (Å²) in [6.07, 6.45) is 2.43. The molecular formula is C20H23N5O. The molecule has 0 bridgehead atoms. The number of aromatic nitrogens is 3. The number of anilines is 3. The number of hydrogen-bond acceptors (Lipinski definition) is 6. The van der Waals surface area contributed by atoms with Gasteiger partial charge in [-0.15, -0.1) is 5.10 Å². The maximum atomic E-state index is 5.37. The Balaban J connectivity index is 1.64. The highest BCUT2D eigenvalue weighted by Gasteiger charge is 2.06. The van der Waals surface area contributed by atoms with Crippen LogP contribution in [0.2, 0.25) is 0 Å². The summed E-state index contributed by atoms with van der Waals surface area (Å²) in [6.45, 7) is 4.82. The van der Waals surface area contributed by atoms with Crippen LogP contribution in [0.5, 0.6) is 5.75 Å². The number of benzene rings is 2. The molecule has 0 aliphatic rings. The van der Waals surface area contributed by atoms with Gasteiger partial charge in [0, 0.05) is 12.2 Å². The lowest BCUT2D eigenvalue weighted by molar-refractivity contribution is 0.410. The molecule has 0 amide bonds. The Labute approximate surface area is 153 Å². The second-order valence-electron chi connectivity index (χ2n) is 6.05. The number of methoxy groups -OCH3 is 1. The van der Waals surface area contributed by atoms with E-state index in [0.717, 1.165) is 34.5 Å². The van der Waals surface area contributed by atoms with E-state index in [4.69, 9.17) is 4.74 Å². The van der Waals surface area contributed by atoms with Crippen molar-refractivity contribution in [3.05, 3.63) is 65.4 Å². The number of rotatable bonds is 7. The van der Waals surface area contributed by atoms with Crippen LogP contribution in [0.4, 0.5) is 17.5 Å². The van der Waals surface area contributed by atoms with Gasteiger partial charge in [0.2, 0.25) is 5.95 Å². The van der Waals surface area contributed by atoms with E-state index in [2.05, 4.69) is 57.9 Å². The minimum absolute atomic E-state index is 0.496. The molecule has 3 aromatic rings. The van der Waals surface area contributed by atoms with Crippen molar-refractivity contribution >= 4 is 17.5 Å². The Bertz CT molecular complexity index is 861. The Morgan fingerprint density at radius 2 is 1.77 bits per heavy atom. The highest BCUT2D eigenvalue weighted by Crippen LogP contribution is 2.23. The van der Waals surface area contributed by atoms with E-state index < -0.39 is 0 Å². The van der Waals surface area contributed by atoms with Gasteiger partial charge in [0.1, 0.15) is 5.75 Å². The van der Waals surface area contributed by atoms with E-state index in [9.17, 15) is 0 Å². The smallest absolute Gasteiger partial charge is 0.244 e. The molecule has 0 fully saturated rings. The van der Waals surface area contributed by atoms with Gasteiger partial charge in [-0.1, -0.05) is 36.4 Å². The zero-order valence-corrected chi connectivity index (χ0v) is 15.3. The summed E-state index contributed by atoms with van der Waals surface area (Å²) in [5, 5.41) is 14.6. The number of aryl methyl sites for hydroxylation is 2. The summed E-state index contributed by atoms with van der Waals surface area (Å²) in [7, 11) is 1.68. The van der Waals surface area contributed by atoms with Crippen molar-refractivity contribution in [3.63, 3.8) is 0 Å². The first-order chi connectivity index (χ1) is 12.7. The molecular weight excluding hydrogens is 326 g/mol. The van der Waals surface area contributed by atoms with E-state index >= 15 is 0 Å². The van der Waals surface area contributed by atoms with E-state index in [1.165, 1.54) is 0 Å². The van der Waals surface area contributed by atoms with Crippen LogP contribution in [0.25, 0.3) is 0 Å². The van der Waals surface area contributed by atoms with Gasteiger partial charge in [-0.05, 0) is 43.0 Å². The summed E-state index contributed by atoms with van der Waals surface area (Å²) in [5.74, 6) is 2.05. The SMILES string of the molecule is COc1ccccc1CCNc1nncc(Nc2c(C)cccc2C)n1. The van der Waals surface area contributed by atoms with Gasteiger partial charge in [0.25, 0.3) is 0 Å². The van der Waals surface area contributed by atoms with Gasteiger partial charge in [0.05, 0.1) is 13.3 Å². The normalized spacial score (nSPS) is 10.4. The third-order valence-corrected chi connectivity index (χ3v) is 4.16. The van der Waals surface area contributed by atoms with Crippen LogP contribution in [0, 0.1) is 13.8 Å². The standard InChI is InChI=1S/C20H23N5O/c1-14-7-6-8-15(2)19(14)23-18-13-22-25-20(24-18)21-12-11-16-9-4-5-10-17(16)26-3/h4-10,13H,11-12H2,1-3H3,(H2,21,23,24,25). The summed E-state index contributed by atoms with van der Waals surface area (Å²) < 4.78 is 5.37. The molecule has 6 heteroatoms. The quantitative estimate of drug-likeness (QED) is 0.674. The molecule has 0 saturated carbocycles. The van der Waals surface area contributed by atoms with Crippen LogP contribution in [-0.2, 0) is 6.42 Å². The summed E-state index contributed by atoms with van der Waals surface area (Å²) in [4.78, 5) is 4.50. The number of nitrogens with one attached hydrogen (secondary N) is 2. The first-order valence-corrected chi connectivity index (χ1v) is 8.56. The van der Waals surface area contributed by atoms with Crippen molar-refractivity contribution < 1.29 is 4.74 Å². The van der Waals surface area contributed by atoms with Crippen LogP contribution in [0.1, 0.15) is 16.7 Å². The summed E-state index contributed by atoms with van der Waals surface area (Å²) in [5.41, 5.74) is 4.51. The van der Waals surface area contributed by atoms with Crippen LogP contribution in [0.15, 0.2) is 48.7 Å². The number of para-hydroxylation sites is 2. The molecule has 2 aromatic carbocycles. The maximum Gasteiger partial charge on any atom is 0.244 e. The van der Waals surface area contributed by atoms with Gasteiger partial charge in [-0.25, -0.2) is 0 Å². The molecule has 6 nitrogen and oxygen atoms in total. The Morgan fingerprint density at radius 1 is 1.00 bits per heavy atom. The average Bonchev–Trinajstić information content (AvgIpc) is 2.66. The molecule has 2 N–H and O–H groups in total. The minimum Gasteiger partial charge on any atom is -0.496 e. The average molecular weight is 349 g/mol. The number of nitrogens with zero attached hydrogens (tertiary/aromatic N) is 3. The highest BCUT2D eigenvalue weighted by molar-refractivity contribution is 5.64. The van der Waals surface area contributed by atoms with Crippen LogP contribution in [0.3, 0.4) is 0 Å². The Morgan fingerprint density at radius 3 is 2.54 bits per heavy atom. The highest BCUT2D eigenvalue weighted by atomic mass is 16.5. The zero-order valence-electron chi connectivity index (χ0n) is 15.3. The molecule has 0 unspecified atom stereocenters. The van der Waals surface area contributed by atoms with Crippen molar-refractivity contribution in [3.8, 4) is 5.75 Å². The maximum absolute atomic E-state index is 5.37. The first-order valence-electron chi connectivity index (χ1n) is 8.56. The fourth-order valence-corrected chi connectivity index (χ4v) is 2.80. The second-order valence-corrected chi connectivity index (χ2v) is 6.05. The van der Waals surface area contributed by atoms with Gasteiger partial charge < -0.3 is 15.4 Å². The van der Waals surface area contributed by atoms with E-state index in [-0.39, 0.29) is 0 Å². The third-order valence-electron chi connectivity index (χ3n) is 4.16. The summed E-state index contributed by atoms with van der Waals surface area (Å²) in [6, 6.07) is 14.2. The van der Waals surface area contributed by atoms with Crippen LogP contribution >= 0.6 is 0 Å². The molecule has 3 rings (SSSR count). The topological polar surface area (TPSA) is 72.0 Å². The lowest BCUT2D eigenvalue weighted by Gasteiger charge is -2.12. The number of ether oxygens (including phenoxy) is 1. The molecule has 0 radical (unpaired) electrons. The lowest BCUT2D eigenvalue weighted by atomic mass is 10.1. The fourth-order valence-electron chi connectivity index (χ4n) is 2.80. The van der Waals surface area contributed by atoms with E-state index in [0.29, 0.717) is 18.3 Å². The molecule has 1 aromatic heterocycles. The van der Waals surface area contributed by atoms with E-state index in [1.54, 1.807) is 13.3 Å². The van der Waals surface area contributed by atoms with Gasteiger partial charge in [-0.2, -0.15) is 10.1 Å². The van der Waals surface area contributed by atoms with Crippen molar-refractivity contribution in [1.29, 1.82) is 0 Å². The predicted molar refractivity (Wildman–Crippen MR) is 104 cm³/mol. The van der Waals surface area contributed by atoms with Crippen molar-refractivity contribution in [2.75, 3.05) is 24.3 Å². The van der Waals surface area contributed by atoms with Gasteiger partial charge in [-0.3, -0.25) is 0 Å². The molecule has 0 aliphatic heterocycles. The summed E-state index contributed by atoms with van der Waals surface area (Å²) >= 11 is 0. The van der Waals surface area contributed by atoms with Crippen molar-refractivity contribution in [2.24, 2.45) is 0 Å². The molecule has 0 spiro atoms. The molecule has 0 saturated heterocycles. The van der Waals surface area contributed by atoms with Gasteiger partial charge in [0.15, 0.2) is 5.82 Å². The van der Waals surface area contributed by atoms with Crippen molar-refractivity contribution in [1.82, 2.24) is 15.2 Å². The zero-order chi connectivity index (χ0) is 18.4. The third kappa shape index (κ3) is 4.27. The Kier molecular flexibility index (Phi) is 5.63. The largest absolute Gasteiger partial charge is 0.496 e. The van der Waals surface area contributed by atoms with Gasteiger partial charge >= 0.3 is 0 Å². The molecule has 134 valence electrons. The molecule has 0 atom stereocenters. The first kappa shape index (κ1) is 17.7. The molecule has 26 heavy (non-hydrogen) atoms. The predicted octanol–water partition coefficient (Wildman–Crippen LogP) is 3.90. The minimum atomic E-state index is 0.496. The van der Waals surface area contributed by atoms with Crippen LogP contribution < -0.4 is 15.4 Å². The van der Waals surface area contributed by atoms with E-state index in [1.807, 2.05) is 24.3 Å². The lowest BCUT2D eigenvalue weighted by Crippen LogP contribution is -2.10. The monoisotopic (exact) mass is 349 g/mol. The molecule has 0 aliphatic carbocycles. The fraction of sp³-hybridized carbons (Fsp3) is 0.250. The Hall–Kier alpha value is -3.15. The number of hydrogen-bond donors (Lipinski definition) is 2. The van der Waals surface area contributed by atoms with Crippen molar-refractivity contribution in [2.45, 2.75) is 20.3 Å². The second kappa shape index (κ2) is 8.29.